The van der Waals surface area contributed by atoms with E-state index < -0.39 is 0 Å². The van der Waals surface area contributed by atoms with Crippen LogP contribution in [0.2, 0.25) is 0 Å². The predicted molar refractivity (Wildman–Crippen MR) is 115 cm³/mol. The molecule has 0 bridgehead atoms. The van der Waals surface area contributed by atoms with Crippen LogP contribution in [0.1, 0.15) is 50.7 Å². The molecule has 0 saturated heterocycles. The van der Waals surface area contributed by atoms with Crippen molar-refractivity contribution in [3.05, 3.63) is 59.7 Å². The number of phenols is 2. The Morgan fingerprint density at radius 3 is 1.47 bits per heavy atom. The SMILES string of the molecule is CC(=NNC(=O)CCCCC(=O)NN=C(C)c1ccccc1O)c1ccccc1O. The fraction of sp³-hybridized carbons (Fsp3) is 0.273. The first-order chi connectivity index (χ1) is 14.4. The van der Waals surface area contributed by atoms with Gasteiger partial charge in [-0.25, -0.2) is 10.9 Å². The smallest absolute Gasteiger partial charge is 0.240 e. The normalized spacial score (nSPS) is 11.8. The summed E-state index contributed by atoms with van der Waals surface area (Å²) in [7, 11) is 0. The Bertz CT molecular complexity index is 876. The Morgan fingerprint density at radius 1 is 0.733 bits per heavy atom. The van der Waals surface area contributed by atoms with Crippen LogP contribution in [0.4, 0.5) is 0 Å². The molecule has 30 heavy (non-hydrogen) atoms. The van der Waals surface area contributed by atoms with Crippen molar-refractivity contribution in [1.82, 2.24) is 10.9 Å². The van der Waals surface area contributed by atoms with Crippen molar-refractivity contribution in [2.75, 3.05) is 0 Å². The molecule has 8 nitrogen and oxygen atoms in total. The number of phenolic OH excluding ortho intramolecular Hbond substituents is 2. The molecule has 2 aromatic carbocycles. The van der Waals surface area contributed by atoms with Gasteiger partial charge in [-0.1, -0.05) is 24.3 Å². The van der Waals surface area contributed by atoms with Crippen molar-refractivity contribution in [3.63, 3.8) is 0 Å². The number of aromatic hydroxyl groups is 2. The second-order valence-corrected chi connectivity index (χ2v) is 6.71. The molecular formula is C22H26N4O4. The van der Waals surface area contributed by atoms with E-state index in [-0.39, 0.29) is 36.2 Å². The maximum Gasteiger partial charge on any atom is 0.240 e. The maximum atomic E-state index is 11.9. The third-order valence-electron chi connectivity index (χ3n) is 4.34. The van der Waals surface area contributed by atoms with E-state index in [0.717, 1.165) is 0 Å². The quantitative estimate of drug-likeness (QED) is 0.288. The zero-order chi connectivity index (χ0) is 21.9. The van der Waals surface area contributed by atoms with Crippen molar-refractivity contribution in [2.24, 2.45) is 10.2 Å². The lowest BCUT2D eigenvalue weighted by atomic mass is 10.1. The van der Waals surface area contributed by atoms with Gasteiger partial charge in [-0.05, 0) is 51.0 Å². The fourth-order valence-electron chi connectivity index (χ4n) is 2.65. The fourth-order valence-corrected chi connectivity index (χ4v) is 2.65. The molecule has 0 aliphatic carbocycles. The first-order valence-corrected chi connectivity index (χ1v) is 9.61. The van der Waals surface area contributed by atoms with Crippen LogP contribution in [0.25, 0.3) is 0 Å². The number of hydrazone groups is 2. The molecule has 0 aromatic heterocycles. The monoisotopic (exact) mass is 410 g/mol. The summed E-state index contributed by atoms with van der Waals surface area (Å²) in [6, 6.07) is 13.5. The number of rotatable bonds is 9. The molecule has 2 amide bonds. The standard InChI is InChI=1S/C22H26N4O4/c1-15(17-9-3-5-11-19(17)27)23-25-21(29)13-7-8-14-22(30)26-24-16(2)18-10-4-6-12-20(18)28/h3-6,9-12,27-28H,7-8,13-14H2,1-2H3,(H,25,29)(H,26,30). The van der Waals surface area contributed by atoms with Gasteiger partial charge in [-0.3, -0.25) is 9.59 Å². The summed E-state index contributed by atoms with van der Waals surface area (Å²) in [6.07, 6.45) is 1.50. The second-order valence-electron chi connectivity index (χ2n) is 6.71. The molecule has 158 valence electrons. The van der Waals surface area contributed by atoms with Gasteiger partial charge in [0.05, 0.1) is 11.4 Å². The largest absolute Gasteiger partial charge is 0.507 e. The summed E-state index contributed by atoms with van der Waals surface area (Å²) < 4.78 is 0. The highest BCUT2D eigenvalue weighted by molar-refractivity contribution is 6.02. The van der Waals surface area contributed by atoms with Gasteiger partial charge < -0.3 is 10.2 Å². The number of para-hydroxylation sites is 2. The summed E-state index contributed by atoms with van der Waals surface area (Å²) in [5.74, 6) is -0.337. The van der Waals surface area contributed by atoms with Crippen LogP contribution in [-0.2, 0) is 9.59 Å². The molecule has 0 saturated carbocycles. The maximum absolute atomic E-state index is 11.9. The minimum atomic E-state index is -0.265. The Hall–Kier alpha value is -3.68. The van der Waals surface area contributed by atoms with Crippen LogP contribution >= 0.6 is 0 Å². The van der Waals surface area contributed by atoms with Crippen molar-refractivity contribution in [2.45, 2.75) is 39.5 Å². The lowest BCUT2D eigenvalue weighted by Gasteiger charge is -2.05. The van der Waals surface area contributed by atoms with E-state index >= 15 is 0 Å². The van der Waals surface area contributed by atoms with Crippen LogP contribution in [0.5, 0.6) is 11.5 Å². The van der Waals surface area contributed by atoms with Gasteiger partial charge in [-0.2, -0.15) is 10.2 Å². The molecule has 4 N–H and O–H groups in total. The number of hydrogen-bond acceptors (Lipinski definition) is 6. The second kappa shape index (κ2) is 11.4. The van der Waals surface area contributed by atoms with Crippen LogP contribution in [0, 0.1) is 0 Å². The van der Waals surface area contributed by atoms with Crippen molar-refractivity contribution in [3.8, 4) is 11.5 Å². The number of carbonyl (C=O) groups is 2. The zero-order valence-electron chi connectivity index (χ0n) is 17.1. The Morgan fingerprint density at radius 2 is 1.10 bits per heavy atom. The molecule has 0 aliphatic rings. The number of nitrogens with zero attached hydrogens (tertiary/aromatic N) is 2. The summed E-state index contributed by atoms with van der Waals surface area (Å²) >= 11 is 0. The molecular weight excluding hydrogens is 384 g/mol. The Kier molecular flexibility index (Phi) is 8.56. The first kappa shape index (κ1) is 22.6. The minimum absolute atomic E-state index is 0.0967. The van der Waals surface area contributed by atoms with Crippen molar-refractivity contribution >= 4 is 23.2 Å². The molecule has 0 aliphatic heterocycles. The zero-order valence-corrected chi connectivity index (χ0v) is 17.1. The number of hydrogen-bond donors (Lipinski definition) is 4. The lowest BCUT2D eigenvalue weighted by Crippen LogP contribution is -2.20. The summed E-state index contributed by atoms with van der Waals surface area (Å²) in [4.78, 5) is 23.8. The molecule has 0 unspecified atom stereocenters. The van der Waals surface area contributed by atoms with E-state index in [4.69, 9.17) is 0 Å². The van der Waals surface area contributed by atoms with Crippen LogP contribution in [-0.4, -0.2) is 33.5 Å². The molecule has 2 aromatic rings. The molecule has 2 rings (SSSR count). The van der Waals surface area contributed by atoms with E-state index in [1.165, 1.54) is 0 Å². The Balaban J connectivity index is 1.69. The molecule has 0 atom stereocenters. The number of unbranched alkanes of at least 4 members (excludes halogenated alkanes) is 1. The lowest BCUT2D eigenvalue weighted by molar-refractivity contribution is -0.123. The van der Waals surface area contributed by atoms with Gasteiger partial charge in [0.2, 0.25) is 11.8 Å². The molecule has 0 fully saturated rings. The van der Waals surface area contributed by atoms with E-state index in [1.54, 1.807) is 62.4 Å². The summed E-state index contributed by atoms with van der Waals surface area (Å²) in [5, 5.41) is 27.5. The molecule has 0 heterocycles. The summed E-state index contributed by atoms with van der Waals surface area (Å²) in [6.45, 7) is 3.38. The summed E-state index contributed by atoms with van der Waals surface area (Å²) in [5.41, 5.74) is 7.00. The number of amides is 2. The predicted octanol–water partition coefficient (Wildman–Crippen LogP) is 3.04. The molecule has 8 heteroatoms. The van der Waals surface area contributed by atoms with E-state index in [1.807, 2.05) is 0 Å². The highest BCUT2D eigenvalue weighted by Gasteiger charge is 2.07. The molecule has 0 radical (unpaired) electrons. The topological polar surface area (TPSA) is 123 Å². The van der Waals surface area contributed by atoms with E-state index in [0.29, 0.717) is 35.4 Å². The van der Waals surface area contributed by atoms with Crippen molar-refractivity contribution < 1.29 is 19.8 Å². The number of benzene rings is 2. The van der Waals surface area contributed by atoms with Gasteiger partial charge in [0, 0.05) is 24.0 Å². The third-order valence-corrected chi connectivity index (χ3v) is 4.34. The highest BCUT2D eigenvalue weighted by atomic mass is 16.3. The van der Waals surface area contributed by atoms with Crippen LogP contribution in [0.3, 0.4) is 0 Å². The highest BCUT2D eigenvalue weighted by Crippen LogP contribution is 2.17. The van der Waals surface area contributed by atoms with Crippen LogP contribution in [0.15, 0.2) is 58.7 Å². The van der Waals surface area contributed by atoms with Gasteiger partial charge in [0.25, 0.3) is 0 Å². The van der Waals surface area contributed by atoms with Crippen LogP contribution < -0.4 is 10.9 Å². The van der Waals surface area contributed by atoms with Gasteiger partial charge in [-0.15, -0.1) is 0 Å². The minimum Gasteiger partial charge on any atom is -0.507 e. The van der Waals surface area contributed by atoms with Crippen molar-refractivity contribution in [1.29, 1.82) is 0 Å². The molecule has 0 spiro atoms. The average Bonchev–Trinajstić information content (AvgIpc) is 2.74. The number of carbonyl (C=O) groups excluding carboxylic acids is 2. The van der Waals surface area contributed by atoms with Gasteiger partial charge in [0.15, 0.2) is 0 Å². The van der Waals surface area contributed by atoms with Gasteiger partial charge >= 0.3 is 0 Å². The Labute approximate surface area is 175 Å². The van der Waals surface area contributed by atoms with Gasteiger partial charge in [0.1, 0.15) is 11.5 Å². The number of nitrogens with one attached hydrogen (secondary N) is 2. The average molecular weight is 410 g/mol. The van der Waals surface area contributed by atoms with E-state index in [2.05, 4.69) is 21.1 Å². The third kappa shape index (κ3) is 7.05. The van der Waals surface area contributed by atoms with E-state index in [9.17, 15) is 19.8 Å². The first-order valence-electron chi connectivity index (χ1n) is 9.61.